The summed E-state index contributed by atoms with van der Waals surface area (Å²) >= 11 is 0. The van der Waals surface area contributed by atoms with Crippen LogP contribution in [0.3, 0.4) is 0 Å². The van der Waals surface area contributed by atoms with Crippen molar-refractivity contribution in [3.8, 4) is 0 Å². The Morgan fingerprint density at radius 2 is 2.38 bits per heavy atom. The first-order chi connectivity index (χ1) is 6.20. The minimum absolute atomic E-state index is 0.0160. The fourth-order valence-corrected chi connectivity index (χ4v) is 1.07. The molecular formula is C7H5N3O3. The van der Waals surface area contributed by atoms with E-state index in [-0.39, 0.29) is 16.8 Å². The Hall–Kier alpha value is -2.11. The molecule has 2 rings (SSSR count). The van der Waals surface area contributed by atoms with Gasteiger partial charge in [0.05, 0.1) is 6.20 Å². The van der Waals surface area contributed by atoms with E-state index in [0.717, 1.165) is 10.7 Å². The molecule has 6 heteroatoms. The topological polar surface area (TPSA) is 87.5 Å². The maximum Gasteiger partial charge on any atom is 0.341 e. The number of aromatic carboxylic acids is 1. The predicted octanol–water partition coefficient (Wildman–Crippen LogP) is -0.279. The van der Waals surface area contributed by atoms with Crippen LogP contribution in [0.15, 0.2) is 23.3 Å². The molecule has 0 aliphatic carbocycles. The molecule has 0 saturated heterocycles. The molecule has 0 unspecified atom stereocenters. The fraction of sp³-hybridized carbons (Fsp3) is 0. The predicted molar refractivity (Wildman–Crippen MR) is 42.8 cm³/mol. The lowest BCUT2D eigenvalue weighted by molar-refractivity contribution is 0.0699. The van der Waals surface area contributed by atoms with Crippen LogP contribution in [0.4, 0.5) is 0 Å². The highest BCUT2D eigenvalue weighted by molar-refractivity contribution is 5.93. The quantitative estimate of drug-likeness (QED) is 0.630. The highest BCUT2D eigenvalue weighted by atomic mass is 16.4. The fourth-order valence-electron chi connectivity index (χ4n) is 1.07. The van der Waals surface area contributed by atoms with Crippen LogP contribution in [-0.4, -0.2) is 25.7 Å². The summed E-state index contributed by atoms with van der Waals surface area (Å²) in [5.74, 6) is -1.11. The van der Waals surface area contributed by atoms with Crippen molar-refractivity contribution < 1.29 is 9.90 Å². The number of nitrogens with zero attached hydrogens (tertiary/aromatic N) is 2. The molecule has 0 spiro atoms. The summed E-state index contributed by atoms with van der Waals surface area (Å²) in [5, 5.41) is 12.3. The molecule has 0 amide bonds. The van der Waals surface area contributed by atoms with Gasteiger partial charge in [-0.2, -0.15) is 9.61 Å². The third kappa shape index (κ3) is 0.994. The van der Waals surface area contributed by atoms with Gasteiger partial charge in [0, 0.05) is 12.3 Å². The Kier molecular flexibility index (Phi) is 1.42. The molecule has 66 valence electrons. The monoisotopic (exact) mass is 179 g/mol. The van der Waals surface area contributed by atoms with Gasteiger partial charge in [0.25, 0.3) is 5.56 Å². The van der Waals surface area contributed by atoms with Crippen molar-refractivity contribution in [1.82, 2.24) is 14.6 Å². The zero-order valence-electron chi connectivity index (χ0n) is 6.39. The van der Waals surface area contributed by atoms with Crippen molar-refractivity contribution >= 4 is 11.6 Å². The SMILES string of the molecule is O=C(O)c1cnn2c(=O)cc[nH]c12. The van der Waals surface area contributed by atoms with E-state index in [0.29, 0.717) is 0 Å². The van der Waals surface area contributed by atoms with E-state index in [1.807, 2.05) is 0 Å². The molecule has 0 aliphatic heterocycles. The van der Waals surface area contributed by atoms with Gasteiger partial charge < -0.3 is 10.1 Å². The molecule has 6 nitrogen and oxygen atoms in total. The Morgan fingerprint density at radius 3 is 3.08 bits per heavy atom. The number of nitrogens with one attached hydrogen (secondary N) is 1. The van der Waals surface area contributed by atoms with Crippen LogP contribution in [0, 0.1) is 0 Å². The second-order valence-electron chi connectivity index (χ2n) is 2.44. The number of hydrogen-bond donors (Lipinski definition) is 2. The second kappa shape index (κ2) is 2.44. The van der Waals surface area contributed by atoms with Crippen LogP contribution in [0.2, 0.25) is 0 Å². The summed E-state index contributed by atoms with van der Waals surface area (Å²) in [6, 6.07) is 1.27. The zero-order valence-corrected chi connectivity index (χ0v) is 6.39. The average Bonchev–Trinajstić information content (AvgIpc) is 2.48. The lowest BCUT2D eigenvalue weighted by atomic mass is 10.3. The number of carboxylic acids is 1. The van der Waals surface area contributed by atoms with Crippen LogP contribution in [0.1, 0.15) is 10.4 Å². The Morgan fingerprint density at radius 1 is 1.62 bits per heavy atom. The summed E-state index contributed by atoms with van der Waals surface area (Å²) in [4.78, 5) is 24.4. The zero-order chi connectivity index (χ0) is 9.42. The van der Waals surface area contributed by atoms with Crippen LogP contribution < -0.4 is 5.56 Å². The van der Waals surface area contributed by atoms with Crippen molar-refractivity contribution in [3.63, 3.8) is 0 Å². The van der Waals surface area contributed by atoms with Gasteiger partial charge in [-0.25, -0.2) is 4.79 Å². The van der Waals surface area contributed by atoms with Crippen molar-refractivity contribution in [1.29, 1.82) is 0 Å². The number of hydrogen-bond acceptors (Lipinski definition) is 3. The van der Waals surface area contributed by atoms with E-state index >= 15 is 0 Å². The number of fused-ring (bicyclic) bond motifs is 1. The van der Waals surface area contributed by atoms with Gasteiger partial charge in [-0.15, -0.1) is 0 Å². The third-order valence-corrected chi connectivity index (χ3v) is 1.65. The van der Waals surface area contributed by atoms with E-state index in [4.69, 9.17) is 5.11 Å². The number of carboxylic acid groups (broad SMARTS) is 1. The summed E-state index contributed by atoms with van der Waals surface area (Å²) in [5.41, 5.74) is -0.182. The molecule has 0 aliphatic rings. The molecule has 0 radical (unpaired) electrons. The van der Waals surface area contributed by atoms with Gasteiger partial charge in [-0.1, -0.05) is 0 Å². The van der Waals surface area contributed by atoms with E-state index in [2.05, 4.69) is 10.1 Å². The highest BCUT2D eigenvalue weighted by Gasteiger charge is 2.11. The molecule has 13 heavy (non-hydrogen) atoms. The lowest BCUT2D eigenvalue weighted by Gasteiger charge is -1.91. The van der Waals surface area contributed by atoms with E-state index in [9.17, 15) is 9.59 Å². The number of rotatable bonds is 1. The first kappa shape index (κ1) is 7.53. The molecule has 0 atom stereocenters. The lowest BCUT2D eigenvalue weighted by Crippen LogP contribution is -2.13. The van der Waals surface area contributed by atoms with Gasteiger partial charge >= 0.3 is 5.97 Å². The number of aromatic nitrogens is 3. The van der Waals surface area contributed by atoms with Crippen molar-refractivity contribution in [2.75, 3.05) is 0 Å². The summed E-state index contributed by atoms with van der Waals surface area (Å²) < 4.78 is 1.00. The van der Waals surface area contributed by atoms with Gasteiger partial charge in [-0.3, -0.25) is 4.79 Å². The molecule has 2 aromatic heterocycles. The molecule has 2 aromatic rings. The second-order valence-corrected chi connectivity index (χ2v) is 2.44. The summed E-state index contributed by atoms with van der Waals surface area (Å²) in [7, 11) is 0. The standard InChI is InChI=1S/C7H5N3O3/c11-5-1-2-8-6-4(7(12)13)3-9-10(5)6/h1-3,8H,(H,12,13). The largest absolute Gasteiger partial charge is 0.477 e. The van der Waals surface area contributed by atoms with Crippen LogP contribution in [0.5, 0.6) is 0 Å². The van der Waals surface area contributed by atoms with Crippen LogP contribution >= 0.6 is 0 Å². The Bertz CT molecular complexity index is 525. The summed E-state index contributed by atoms with van der Waals surface area (Å²) in [6.45, 7) is 0. The van der Waals surface area contributed by atoms with Crippen molar-refractivity contribution in [3.05, 3.63) is 34.4 Å². The molecule has 0 aromatic carbocycles. The number of carbonyl (C=O) groups is 1. The number of H-pyrrole nitrogens is 1. The van der Waals surface area contributed by atoms with Crippen LogP contribution in [0.25, 0.3) is 5.65 Å². The molecular weight excluding hydrogens is 174 g/mol. The Labute approximate surface area is 71.4 Å². The molecule has 0 saturated carbocycles. The van der Waals surface area contributed by atoms with Gasteiger partial charge in [0.1, 0.15) is 5.56 Å². The van der Waals surface area contributed by atoms with Crippen LogP contribution in [-0.2, 0) is 0 Å². The third-order valence-electron chi connectivity index (χ3n) is 1.65. The highest BCUT2D eigenvalue weighted by Crippen LogP contribution is 2.03. The first-order valence-electron chi connectivity index (χ1n) is 3.49. The first-order valence-corrected chi connectivity index (χ1v) is 3.49. The summed E-state index contributed by atoms with van der Waals surface area (Å²) in [6.07, 6.45) is 2.52. The normalized spacial score (nSPS) is 10.5. The van der Waals surface area contributed by atoms with Gasteiger partial charge in [-0.05, 0) is 0 Å². The molecule has 0 bridgehead atoms. The maximum absolute atomic E-state index is 11.1. The molecule has 2 heterocycles. The van der Waals surface area contributed by atoms with E-state index < -0.39 is 5.97 Å². The van der Waals surface area contributed by atoms with Crippen molar-refractivity contribution in [2.24, 2.45) is 0 Å². The van der Waals surface area contributed by atoms with Gasteiger partial charge in [0.2, 0.25) is 0 Å². The molecule has 0 fully saturated rings. The van der Waals surface area contributed by atoms with Gasteiger partial charge in [0.15, 0.2) is 5.65 Å². The number of aromatic amines is 1. The Balaban J connectivity index is 2.91. The molecule has 2 N–H and O–H groups in total. The smallest absolute Gasteiger partial charge is 0.341 e. The van der Waals surface area contributed by atoms with E-state index in [1.54, 1.807) is 0 Å². The van der Waals surface area contributed by atoms with Crippen molar-refractivity contribution in [2.45, 2.75) is 0 Å². The van der Waals surface area contributed by atoms with E-state index in [1.165, 1.54) is 12.3 Å². The maximum atomic E-state index is 11.1. The minimum Gasteiger partial charge on any atom is -0.477 e. The average molecular weight is 179 g/mol. The minimum atomic E-state index is -1.11.